The predicted octanol–water partition coefficient (Wildman–Crippen LogP) is 2.33. The minimum Gasteiger partial charge on any atom is -0.467 e. The second-order valence-corrected chi connectivity index (χ2v) is 7.33. The largest absolute Gasteiger partial charge is 0.467 e. The van der Waals surface area contributed by atoms with Crippen LogP contribution in [0.1, 0.15) is 34.7 Å². The van der Waals surface area contributed by atoms with Gasteiger partial charge in [0.2, 0.25) is 0 Å². The molecule has 0 aliphatic carbocycles. The number of ether oxygens (including phenoxy) is 2. The van der Waals surface area contributed by atoms with Gasteiger partial charge in [0.05, 0.1) is 43.7 Å². The Labute approximate surface area is 165 Å². The summed E-state index contributed by atoms with van der Waals surface area (Å²) >= 11 is 0. The van der Waals surface area contributed by atoms with Crippen LogP contribution in [-0.2, 0) is 22.6 Å². The van der Waals surface area contributed by atoms with Gasteiger partial charge in [-0.3, -0.25) is 14.7 Å². The molecule has 2 aromatic rings. The molecule has 4 rings (SSSR count). The van der Waals surface area contributed by atoms with Crippen LogP contribution in [0, 0.1) is 0 Å². The first-order valence-electron chi connectivity index (χ1n) is 9.96. The van der Waals surface area contributed by atoms with Crippen molar-refractivity contribution >= 4 is 5.91 Å². The van der Waals surface area contributed by atoms with Gasteiger partial charge >= 0.3 is 0 Å². The summed E-state index contributed by atoms with van der Waals surface area (Å²) in [4.78, 5) is 21.7. The molecule has 28 heavy (non-hydrogen) atoms. The molecule has 0 aromatic carbocycles. The van der Waals surface area contributed by atoms with Gasteiger partial charge in [0.25, 0.3) is 5.91 Å². The van der Waals surface area contributed by atoms with Crippen LogP contribution in [0.2, 0.25) is 0 Å². The Morgan fingerprint density at radius 1 is 1.25 bits per heavy atom. The van der Waals surface area contributed by atoms with E-state index in [0.717, 1.165) is 57.2 Å². The number of hydrogen-bond acceptors (Lipinski definition) is 6. The molecule has 150 valence electrons. The van der Waals surface area contributed by atoms with Crippen molar-refractivity contribution < 1.29 is 18.7 Å². The molecule has 4 heterocycles. The minimum atomic E-state index is -0.0434. The van der Waals surface area contributed by atoms with Gasteiger partial charge in [-0.1, -0.05) is 6.07 Å². The number of nitrogens with zero attached hydrogens (tertiary/aromatic N) is 3. The van der Waals surface area contributed by atoms with Crippen LogP contribution in [0.4, 0.5) is 0 Å². The Bertz CT molecular complexity index is 752. The predicted molar refractivity (Wildman–Crippen MR) is 103 cm³/mol. The number of rotatable bonds is 7. The Balaban J connectivity index is 1.44. The van der Waals surface area contributed by atoms with Crippen molar-refractivity contribution in [3.05, 3.63) is 53.7 Å². The topological polar surface area (TPSA) is 68.0 Å². The van der Waals surface area contributed by atoms with Crippen LogP contribution < -0.4 is 0 Å². The van der Waals surface area contributed by atoms with E-state index in [1.165, 1.54) is 0 Å². The van der Waals surface area contributed by atoms with E-state index in [1.54, 1.807) is 12.5 Å². The van der Waals surface area contributed by atoms with Crippen molar-refractivity contribution in [3.63, 3.8) is 0 Å². The molecule has 2 aromatic heterocycles. The highest BCUT2D eigenvalue weighted by Gasteiger charge is 2.25. The fourth-order valence-electron chi connectivity index (χ4n) is 3.68. The quantitative estimate of drug-likeness (QED) is 0.729. The molecule has 7 heteroatoms. The third-order valence-electron chi connectivity index (χ3n) is 5.20. The second kappa shape index (κ2) is 9.32. The molecule has 0 bridgehead atoms. The summed E-state index contributed by atoms with van der Waals surface area (Å²) < 4.78 is 16.8. The molecule has 0 N–H and O–H groups in total. The summed E-state index contributed by atoms with van der Waals surface area (Å²) in [5.74, 6) is 0.762. The van der Waals surface area contributed by atoms with Crippen molar-refractivity contribution in [3.8, 4) is 0 Å². The number of amides is 1. The molecule has 2 aliphatic heterocycles. The number of furan rings is 1. The first-order valence-corrected chi connectivity index (χ1v) is 9.96. The van der Waals surface area contributed by atoms with E-state index < -0.39 is 0 Å². The molecule has 0 saturated carbocycles. The summed E-state index contributed by atoms with van der Waals surface area (Å²) in [7, 11) is 0. The molecular weight excluding hydrogens is 358 g/mol. The molecule has 0 spiro atoms. The lowest BCUT2D eigenvalue weighted by molar-refractivity contribution is 0.0313. The smallest absolute Gasteiger partial charge is 0.257 e. The zero-order valence-corrected chi connectivity index (χ0v) is 16.1. The van der Waals surface area contributed by atoms with E-state index in [0.29, 0.717) is 25.2 Å². The van der Waals surface area contributed by atoms with Crippen LogP contribution in [-0.4, -0.2) is 66.2 Å². The first-order chi connectivity index (χ1) is 13.8. The highest BCUT2D eigenvalue weighted by Crippen LogP contribution is 2.19. The molecular formula is C21H27N3O4. The van der Waals surface area contributed by atoms with Crippen molar-refractivity contribution in [2.75, 3.05) is 39.5 Å². The molecule has 7 nitrogen and oxygen atoms in total. The van der Waals surface area contributed by atoms with Crippen LogP contribution >= 0.6 is 0 Å². The van der Waals surface area contributed by atoms with E-state index in [2.05, 4.69) is 9.88 Å². The fraction of sp³-hybridized carbons (Fsp3) is 0.524. The van der Waals surface area contributed by atoms with E-state index in [9.17, 15) is 4.79 Å². The second-order valence-electron chi connectivity index (χ2n) is 7.33. The van der Waals surface area contributed by atoms with Gasteiger partial charge < -0.3 is 18.8 Å². The van der Waals surface area contributed by atoms with Crippen LogP contribution in [0.3, 0.4) is 0 Å². The van der Waals surface area contributed by atoms with E-state index >= 15 is 0 Å². The van der Waals surface area contributed by atoms with Gasteiger partial charge in [0, 0.05) is 32.4 Å². The number of aromatic nitrogens is 1. The monoisotopic (exact) mass is 385 g/mol. The number of carbonyl (C=O) groups is 1. The summed E-state index contributed by atoms with van der Waals surface area (Å²) in [5, 5.41) is 0. The maximum Gasteiger partial charge on any atom is 0.257 e. The number of morpholine rings is 1. The molecule has 0 unspecified atom stereocenters. The summed E-state index contributed by atoms with van der Waals surface area (Å²) in [6.07, 6.45) is 5.44. The van der Waals surface area contributed by atoms with Crippen molar-refractivity contribution in [2.45, 2.75) is 32.0 Å². The van der Waals surface area contributed by atoms with Crippen molar-refractivity contribution in [2.24, 2.45) is 0 Å². The zero-order valence-electron chi connectivity index (χ0n) is 16.1. The lowest BCUT2D eigenvalue weighted by Crippen LogP contribution is -2.37. The van der Waals surface area contributed by atoms with Crippen LogP contribution in [0.15, 0.2) is 41.1 Å². The first kappa shape index (κ1) is 19.1. The van der Waals surface area contributed by atoms with Gasteiger partial charge in [-0.25, -0.2) is 0 Å². The summed E-state index contributed by atoms with van der Waals surface area (Å²) in [6.45, 7) is 5.75. The zero-order chi connectivity index (χ0) is 19.2. The van der Waals surface area contributed by atoms with Gasteiger partial charge in [0.1, 0.15) is 12.0 Å². The molecule has 2 aliphatic rings. The van der Waals surface area contributed by atoms with Crippen molar-refractivity contribution in [1.82, 2.24) is 14.8 Å². The lowest BCUT2D eigenvalue weighted by atomic mass is 10.2. The van der Waals surface area contributed by atoms with Crippen molar-refractivity contribution in [1.29, 1.82) is 0 Å². The number of hydrogen-bond donors (Lipinski definition) is 0. The normalized spacial score (nSPS) is 20.4. The third kappa shape index (κ3) is 4.98. The summed E-state index contributed by atoms with van der Waals surface area (Å²) in [6, 6.07) is 7.62. The standard InChI is InChI=1S/C21H27N3O4/c25-21(17-12-20(28-16-17)14-23-7-10-26-11-8-23)24(15-19-5-3-9-27-19)13-18-4-1-2-6-22-18/h1-2,4,6,12,16,19H,3,5,7-11,13-15H2/t19-/m0/s1. The number of carbonyl (C=O) groups excluding carboxylic acids is 1. The van der Waals surface area contributed by atoms with E-state index in [-0.39, 0.29) is 12.0 Å². The number of pyridine rings is 1. The molecule has 2 saturated heterocycles. The van der Waals surface area contributed by atoms with Gasteiger partial charge in [-0.15, -0.1) is 0 Å². The third-order valence-corrected chi connectivity index (χ3v) is 5.20. The minimum absolute atomic E-state index is 0.0434. The van der Waals surface area contributed by atoms with Gasteiger partial charge in [0.15, 0.2) is 0 Å². The van der Waals surface area contributed by atoms with E-state index in [4.69, 9.17) is 13.9 Å². The average molecular weight is 385 g/mol. The Morgan fingerprint density at radius 2 is 2.14 bits per heavy atom. The maximum absolute atomic E-state index is 13.2. The lowest BCUT2D eigenvalue weighted by Gasteiger charge is -2.25. The Kier molecular flexibility index (Phi) is 6.36. The Hall–Kier alpha value is -2.22. The van der Waals surface area contributed by atoms with Gasteiger partial charge in [-0.2, -0.15) is 0 Å². The highest BCUT2D eigenvalue weighted by molar-refractivity contribution is 5.94. The fourth-order valence-corrected chi connectivity index (χ4v) is 3.68. The average Bonchev–Trinajstić information content (AvgIpc) is 3.41. The molecule has 2 fully saturated rings. The SMILES string of the molecule is O=C(c1coc(CN2CCOCC2)c1)N(Cc1ccccn1)C[C@@H]1CCCO1. The van der Waals surface area contributed by atoms with Crippen LogP contribution in [0.25, 0.3) is 0 Å². The Morgan fingerprint density at radius 3 is 2.89 bits per heavy atom. The molecule has 1 atom stereocenters. The maximum atomic E-state index is 13.2. The van der Waals surface area contributed by atoms with Gasteiger partial charge in [-0.05, 0) is 31.0 Å². The molecule has 0 radical (unpaired) electrons. The highest BCUT2D eigenvalue weighted by atomic mass is 16.5. The van der Waals surface area contributed by atoms with Crippen LogP contribution in [0.5, 0.6) is 0 Å². The summed E-state index contributed by atoms with van der Waals surface area (Å²) in [5.41, 5.74) is 1.45. The molecule has 1 amide bonds. The van der Waals surface area contributed by atoms with E-state index in [1.807, 2.05) is 29.2 Å².